The number of alkyl halides is 3. The van der Waals surface area contributed by atoms with Gasteiger partial charge in [0.2, 0.25) is 0 Å². The Morgan fingerprint density at radius 3 is 1.71 bits per heavy atom. The van der Waals surface area contributed by atoms with Gasteiger partial charge in [0.15, 0.2) is 6.10 Å². The molecular weight excluding hydrogens is 260 g/mol. The number of aliphatic hydroxyl groups excluding tert-OH is 1. The number of rotatable bonds is 6. The highest BCUT2D eigenvalue weighted by Crippen LogP contribution is 2.52. The van der Waals surface area contributed by atoms with Crippen molar-refractivity contribution in [1.29, 1.82) is 0 Å². The van der Waals surface area contributed by atoms with Gasteiger partial charge >= 0.3 is 13.8 Å². The molecule has 0 fully saturated rings. The fourth-order valence-electron chi connectivity index (χ4n) is 1.07. The van der Waals surface area contributed by atoms with Gasteiger partial charge in [-0.1, -0.05) is 0 Å². The first-order chi connectivity index (χ1) is 7.46. The zero-order valence-electron chi connectivity index (χ0n) is 10.2. The summed E-state index contributed by atoms with van der Waals surface area (Å²) in [6.07, 6.45) is -9.76. The van der Waals surface area contributed by atoms with Gasteiger partial charge in [-0.2, -0.15) is 13.2 Å². The van der Waals surface area contributed by atoms with Crippen LogP contribution >= 0.6 is 7.60 Å². The normalized spacial score (nSPS) is 15.6. The predicted octanol–water partition coefficient (Wildman–Crippen LogP) is 2.95. The van der Waals surface area contributed by atoms with Crippen LogP contribution in [0.25, 0.3) is 0 Å². The van der Waals surface area contributed by atoms with E-state index in [1.165, 1.54) is 27.7 Å². The van der Waals surface area contributed by atoms with Gasteiger partial charge in [-0.25, -0.2) is 0 Å². The molecule has 0 amide bonds. The number of hydrogen-bond acceptors (Lipinski definition) is 4. The van der Waals surface area contributed by atoms with E-state index in [9.17, 15) is 17.7 Å². The summed E-state index contributed by atoms with van der Waals surface area (Å²) >= 11 is 0. The molecule has 0 aromatic rings. The monoisotopic (exact) mass is 278 g/mol. The van der Waals surface area contributed by atoms with Gasteiger partial charge in [0, 0.05) is 0 Å². The first kappa shape index (κ1) is 16.9. The fraction of sp³-hybridized carbons (Fsp3) is 1.00. The van der Waals surface area contributed by atoms with Gasteiger partial charge < -0.3 is 14.2 Å². The molecule has 0 aromatic carbocycles. The quantitative estimate of drug-likeness (QED) is 0.759. The van der Waals surface area contributed by atoms with Crippen molar-refractivity contribution in [2.24, 2.45) is 0 Å². The molecule has 104 valence electrons. The van der Waals surface area contributed by atoms with E-state index in [2.05, 4.69) is 0 Å². The Morgan fingerprint density at radius 1 is 1.12 bits per heavy atom. The highest BCUT2D eigenvalue weighted by atomic mass is 31.2. The third-order valence-corrected chi connectivity index (χ3v) is 3.80. The molecule has 0 saturated heterocycles. The largest absolute Gasteiger partial charge is 0.414 e. The van der Waals surface area contributed by atoms with Crippen molar-refractivity contribution >= 4 is 7.60 Å². The Kier molecular flexibility index (Phi) is 6.14. The predicted molar refractivity (Wildman–Crippen MR) is 57.0 cm³/mol. The minimum absolute atomic E-state index is 0.556. The standard InChI is InChI=1S/C9H18F3O4P/c1-6(2)15-17(14,16-7(3)4)5-8(13)9(10,11)12/h6-8,13H,5H2,1-4H3/t8-/m0/s1. The van der Waals surface area contributed by atoms with Crippen LogP contribution in [0.15, 0.2) is 0 Å². The van der Waals surface area contributed by atoms with Gasteiger partial charge in [-0.3, -0.25) is 4.57 Å². The summed E-state index contributed by atoms with van der Waals surface area (Å²) in [6, 6.07) is 0. The average molecular weight is 278 g/mol. The maximum absolute atomic E-state index is 12.2. The van der Waals surface area contributed by atoms with Gasteiger partial charge in [0.1, 0.15) is 0 Å². The Hall–Kier alpha value is -0.100. The zero-order valence-corrected chi connectivity index (χ0v) is 11.1. The molecule has 0 aliphatic carbocycles. The first-order valence-electron chi connectivity index (χ1n) is 5.17. The molecule has 0 heterocycles. The second kappa shape index (κ2) is 6.18. The molecular formula is C9H18F3O4P. The summed E-state index contributed by atoms with van der Waals surface area (Å²) in [5, 5.41) is 8.89. The second-order valence-corrected chi connectivity index (χ2v) is 6.17. The van der Waals surface area contributed by atoms with Crippen LogP contribution in [-0.2, 0) is 13.6 Å². The number of hydrogen-bond donors (Lipinski definition) is 1. The van der Waals surface area contributed by atoms with E-state index < -0.39 is 38.2 Å². The minimum Gasteiger partial charge on any atom is -0.383 e. The first-order valence-corrected chi connectivity index (χ1v) is 6.89. The van der Waals surface area contributed by atoms with Crippen LogP contribution in [0.1, 0.15) is 27.7 Å². The Morgan fingerprint density at radius 2 is 1.47 bits per heavy atom. The van der Waals surface area contributed by atoms with E-state index >= 15 is 0 Å². The van der Waals surface area contributed by atoms with Crippen molar-refractivity contribution in [3.05, 3.63) is 0 Å². The summed E-state index contributed by atoms with van der Waals surface area (Å²) in [4.78, 5) is 0. The molecule has 1 atom stereocenters. The van der Waals surface area contributed by atoms with E-state index in [1.807, 2.05) is 0 Å². The van der Waals surface area contributed by atoms with Crippen molar-refractivity contribution in [2.45, 2.75) is 52.2 Å². The van der Waals surface area contributed by atoms with Crippen LogP contribution in [-0.4, -0.2) is 35.8 Å². The third-order valence-electron chi connectivity index (χ3n) is 1.52. The maximum atomic E-state index is 12.2. The molecule has 8 heteroatoms. The summed E-state index contributed by atoms with van der Waals surface area (Å²) in [7, 11) is -3.95. The van der Waals surface area contributed by atoms with Crippen LogP contribution in [0.2, 0.25) is 0 Å². The van der Waals surface area contributed by atoms with Gasteiger partial charge in [0.05, 0.1) is 18.4 Å². The van der Waals surface area contributed by atoms with E-state index in [0.717, 1.165) is 0 Å². The molecule has 0 unspecified atom stereocenters. The van der Waals surface area contributed by atoms with E-state index in [1.54, 1.807) is 0 Å². The van der Waals surface area contributed by atoms with Crippen molar-refractivity contribution in [1.82, 2.24) is 0 Å². The molecule has 0 saturated carbocycles. The maximum Gasteiger partial charge on any atom is 0.414 e. The lowest BCUT2D eigenvalue weighted by Gasteiger charge is -2.25. The van der Waals surface area contributed by atoms with Gasteiger partial charge in [0.25, 0.3) is 0 Å². The van der Waals surface area contributed by atoms with E-state index in [-0.39, 0.29) is 0 Å². The van der Waals surface area contributed by atoms with E-state index in [4.69, 9.17) is 14.2 Å². The zero-order chi connectivity index (χ0) is 13.9. The third kappa shape index (κ3) is 7.03. The van der Waals surface area contributed by atoms with Crippen molar-refractivity contribution < 1.29 is 31.9 Å². The van der Waals surface area contributed by atoms with Crippen LogP contribution in [0.4, 0.5) is 13.2 Å². The van der Waals surface area contributed by atoms with Crippen LogP contribution in [0.5, 0.6) is 0 Å². The Balaban J connectivity index is 4.76. The Bertz CT molecular complexity index is 264. The molecule has 0 aliphatic rings. The van der Waals surface area contributed by atoms with Crippen LogP contribution in [0.3, 0.4) is 0 Å². The molecule has 4 nitrogen and oxygen atoms in total. The summed E-state index contributed by atoms with van der Waals surface area (Å²) in [6.45, 7) is 6.10. The van der Waals surface area contributed by atoms with Crippen molar-refractivity contribution in [3.63, 3.8) is 0 Å². The molecule has 0 aromatic heterocycles. The van der Waals surface area contributed by atoms with Gasteiger partial charge in [-0.15, -0.1) is 0 Å². The second-order valence-electron chi connectivity index (χ2n) is 4.16. The molecule has 0 spiro atoms. The molecule has 1 N–H and O–H groups in total. The van der Waals surface area contributed by atoms with Gasteiger partial charge in [-0.05, 0) is 27.7 Å². The molecule has 0 bridgehead atoms. The molecule has 17 heavy (non-hydrogen) atoms. The SMILES string of the molecule is CC(C)OP(=O)(C[C@H](O)C(F)(F)F)OC(C)C. The van der Waals surface area contributed by atoms with Crippen LogP contribution in [0, 0.1) is 0 Å². The van der Waals surface area contributed by atoms with E-state index in [0.29, 0.717) is 0 Å². The lowest BCUT2D eigenvalue weighted by molar-refractivity contribution is -0.197. The highest BCUT2D eigenvalue weighted by Gasteiger charge is 2.44. The fourth-order valence-corrected chi connectivity index (χ4v) is 3.21. The minimum atomic E-state index is -4.84. The topological polar surface area (TPSA) is 55.8 Å². The smallest absolute Gasteiger partial charge is 0.383 e. The summed E-state index contributed by atoms with van der Waals surface area (Å²) in [5.74, 6) is 0. The number of halogens is 3. The van der Waals surface area contributed by atoms with Crippen LogP contribution < -0.4 is 0 Å². The molecule has 0 radical (unpaired) electrons. The highest BCUT2D eigenvalue weighted by molar-refractivity contribution is 7.53. The lowest BCUT2D eigenvalue weighted by Crippen LogP contribution is -2.33. The van der Waals surface area contributed by atoms with Crippen molar-refractivity contribution in [3.8, 4) is 0 Å². The number of aliphatic hydroxyl groups is 1. The average Bonchev–Trinajstić information content (AvgIpc) is 1.96. The summed E-state index contributed by atoms with van der Waals surface area (Å²) < 4.78 is 58.3. The molecule has 0 aliphatic heterocycles. The van der Waals surface area contributed by atoms with Crippen molar-refractivity contribution in [2.75, 3.05) is 6.16 Å². The Labute approximate surface area is 98.6 Å². The lowest BCUT2D eigenvalue weighted by atomic mass is 10.4. The summed E-state index contributed by atoms with van der Waals surface area (Å²) in [5.41, 5.74) is 0. The molecule has 0 rings (SSSR count).